The first kappa shape index (κ1) is 14.8. The highest BCUT2D eigenvalue weighted by atomic mass is 32.2. The number of carbonyl (C=O) groups excluding carboxylic acids is 1. The maximum atomic E-state index is 12.3. The molecule has 7 heteroatoms. The Hall–Kier alpha value is -2.12. The van der Waals surface area contributed by atoms with Gasteiger partial charge in [-0.05, 0) is 36.1 Å². The number of thiophene rings is 1. The Bertz CT molecular complexity index is 890. The molecule has 1 aliphatic rings. The van der Waals surface area contributed by atoms with E-state index in [0.717, 1.165) is 16.7 Å². The lowest BCUT2D eigenvalue weighted by molar-refractivity contribution is 0.101. The number of ether oxygens (including phenoxy) is 1. The van der Waals surface area contributed by atoms with Crippen LogP contribution in [0.4, 0.5) is 0 Å². The summed E-state index contributed by atoms with van der Waals surface area (Å²) in [6.07, 6.45) is 2.65. The topological polar surface area (TPSA) is 69.7 Å². The number of hydrogen-bond acceptors (Lipinski definition) is 6. The summed E-state index contributed by atoms with van der Waals surface area (Å²) in [7, 11) is -3.62. The van der Waals surface area contributed by atoms with Crippen LogP contribution in [0, 0.1) is 6.92 Å². The standard InChI is InChI=1S/C15H12O5S2/c1-9-5-6-21-14(9)8-13-15(16)11-4-3-10(7-12(11)19-13)20-22(2,17)18/h3-8H,1-2H3/b13-8+. The number of fused-ring (bicyclic) bond motifs is 1. The lowest BCUT2D eigenvalue weighted by Gasteiger charge is -2.03. The van der Waals surface area contributed by atoms with Gasteiger partial charge in [0.15, 0.2) is 5.76 Å². The Morgan fingerprint density at radius 1 is 1.27 bits per heavy atom. The van der Waals surface area contributed by atoms with Crippen molar-refractivity contribution in [2.24, 2.45) is 0 Å². The van der Waals surface area contributed by atoms with Gasteiger partial charge in [-0.25, -0.2) is 0 Å². The van der Waals surface area contributed by atoms with Gasteiger partial charge in [0.05, 0.1) is 11.8 Å². The van der Waals surface area contributed by atoms with Gasteiger partial charge < -0.3 is 8.92 Å². The van der Waals surface area contributed by atoms with Gasteiger partial charge >= 0.3 is 10.1 Å². The molecule has 1 aromatic heterocycles. The zero-order chi connectivity index (χ0) is 15.9. The van der Waals surface area contributed by atoms with Gasteiger partial charge in [-0.1, -0.05) is 0 Å². The van der Waals surface area contributed by atoms with Crippen LogP contribution in [0.25, 0.3) is 6.08 Å². The van der Waals surface area contributed by atoms with Crippen molar-refractivity contribution in [1.29, 1.82) is 0 Å². The summed E-state index contributed by atoms with van der Waals surface area (Å²) in [6.45, 7) is 1.95. The van der Waals surface area contributed by atoms with Crippen LogP contribution < -0.4 is 8.92 Å². The number of carbonyl (C=O) groups is 1. The first-order valence-electron chi connectivity index (χ1n) is 6.35. The Morgan fingerprint density at radius 2 is 2.05 bits per heavy atom. The molecule has 1 aromatic carbocycles. The van der Waals surface area contributed by atoms with Crippen molar-refractivity contribution in [3.63, 3.8) is 0 Å². The van der Waals surface area contributed by atoms with E-state index in [9.17, 15) is 13.2 Å². The van der Waals surface area contributed by atoms with Crippen LogP contribution in [-0.2, 0) is 10.1 Å². The molecule has 0 saturated heterocycles. The second-order valence-electron chi connectivity index (χ2n) is 4.85. The normalized spacial score (nSPS) is 15.7. The van der Waals surface area contributed by atoms with E-state index in [0.29, 0.717) is 11.3 Å². The summed E-state index contributed by atoms with van der Waals surface area (Å²) >= 11 is 1.52. The largest absolute Gasteiger partial charge is 0.452 e. The maximum absolute atomic E-state index is 12.3. The summed E-state index contributed by atoms with van der Waals surface area (Å²) in [5.41, 5.74) is 1.45. The Morgan fingerprint density at radius 3 is 2.68 bits per heavy atom. The SMILES string of the molecule is Cc1ccsc1/C=C1/Oc2cc(OS(C)(=O)=O)ccc2C1=O. The molecule has 0 radical (unpaired) electrons. The average molecular weight is 336 g/mol. The summed E-state index contributed by atoms with van der Waals surface area (Å²) in [5, 5.41) is 1.94. The van der Waals surface area contributed by atoms with Gasteiger partial charge in [0, 0.05) is 17.0 Å². The summed E-state index contributed by atoms with van der Waals surface area (Å²) in [4.78, 5) is 13.2. The molecule has 0 spiro atoms. The Balaban J connectivity index is 1.94. The third-order valence-electron chi connectivity index (χ3n) is 3.05. The first-order valence-corrected chi connectivity index (χ1v) is 9.05. The fourth-order valence-electron chi connectivity index (χ4n) is 2.05. The van der Waals surface area contributed by atoms with Crippen LogP contribution in [0.1, 0.15) is 20.8 Å². The lowest BCUT2D eigenvalue weighted by atomic mass is 10.1. The van der Waals surface area contributed by atoms with E-state index in [2.05, 4.69) is 0 Å². The van der Waals surface area contributed by atoms with Gasteiger partial charge in [0.2, 0.25) is 5.78 Å². The maximum Gasteiger partial charge on any atom is 0.306 e. The Labute approximate surface area is 131 Å². The number of hydrogen-bond donors (Lipinski definition) is 0. The fraction of sp³-hybridized carbons (Fsp3) is 0.133. The van der Waals surface area contributed by atoms with Gasteiger partial charge in [-0.3, -0.25) is 4.79 Å². The third kappa shape index (κ3) is 2.90. The van der Waals surface area contributed by atoms with E-state index in [4.69, 9.17) is 8.92 Å². The van der Waals surface area contributed by atoms with Crippen molar-refractivity contribution in [1.82, 2.24) is 0 Å². The number of allylic oxidation sites excluding steroid dienone is 1. The molecule has 0 saturated carbocycles. The predicted octanol–water partition coefficient (Wildman–Crippen LogP) is 3.01. The minimum atomic E-state index is -3.62. The molecule has 0 fully saturated rings. The second-order valence-corrected chi connectivity index (χ2v) is 7.38. The molecule has 0 unspecified atom stereocenters. The number of benzene rings is 1. The van der Waals surface area contributed by atoms with Crippen molar-refractivity contribution in [2.45, 2.75) is 6.92 Å². The fourth-order valence-corrected chi connectivity index (χ4v) is 3.35. The number of rotatable bonds is 3. The van der Waals surface area contributed by atoms with Crippen LogP contribution in [-0.4, -0.2) is 20.5 Å². The highest BCUT2D eigenvalue weighted by Gasteiger charge is 2.28. The molecule has 1 aliphatic heterocycles. The smallest absolute Gasteiger partial charge is 0.306 e. The van der Waals surface area contributed by atoms with Crippen molar-refractivity contribution in [3.8, 4) is 11.5 Å². The molecule has 2 aromatic rings. The van der Waals surface area contributed by atoms with E-state index in [1.807, 2.05) is 18.4 Å². The molecule has 0 atom stereocenters. The van der Waals surface area contributed by atoms with E-state index < -0.39 is 10.1 Å². The molecule has 22 heavy (non-hydrogen) atoms. The van der Waals surface area contributed by atoms with Gasteiger partial charge in [-0.15, -0.1) is 11.3 Å². The van der Waals surface area contributed by atoms with Crippen molar-refractivity contribution in [2.75, 3.05) is 6.26 Å². The van der Waals surface area contributed by atoms with Crippen LogP contribution in [0.15, 0.2) is 35.4 Å². The highest BCUT2D eigenvalue weighted by molar-refractivity contribution is 7.86. The van der Waals surface area contributed by atoms with Crippen molar-refractivity contribution in [3.05, 3.63) is 51.4 Å². The molecule has 114 valence electrons. The number of Topliss-reactive ketones (excluding diaryl/α,β-unsaturated/α-hetero) is 1. The summed E-state index contributed by atoms with van der Waals surface area (Å²) in [6, 6.07) is 6.29. The van der Waals surface area contributed by atoms with E-state index in [-0.39, 0.29) is 17.3 Å². The van der Waals surface area contributed by atoms with Crippen LogP contribution in [0.2, 0.25) is 0 Å². The Kier molecular flexibility index (Phi) is 3.54. The zero-order valence-electron chi connectivity index (χ0n) is 11.8. The van der Waals surface area contributed by atoms with Crippen LogP contribution in [0.5, 0.6) is 11.5 Å². The van der Waals surface area contributed by atoms with Gasteiger partial charge in [0.25, 0.3) is 0 Å². The van der Waals surface area contributed by atoms with E-state index >= 15 is 0 Å². The second kappa shape index (κ2) is 5.26. The number of ketones is 1. The van der Waals surface area contributed by atoms with E-state index in [1.54, 1.807) is 6.08 Å². The molecule has 0 aliphatic carbocycles. The molecule has 0 N–H and O–H groups in total. The van der Waals surface area contributed by atoms with E-state index in [1.165, 1.54) is 29.5 Å². The average Bonchev–Trinajstić information content (AvgIpc) is 2.94. The molecule has 2 heterocycles. The zero-order valence-corrected chi connectivity index (χ0v) is 13.5. The molecule has 0 amide bonds. The molecule has 0 bridgehead atoms. The molecular formula is C15H12O5S2. The minimum Gasteiger partial charge on any atom is -0.452 e. The quantitative estimate of drug-likeness (QED) is 0.636. The van der Waals surface area contributed by atoms with Crippen LogP contribution >= 0.6 is 11.3 Å². The summed E-state index contributed by atoms with van der Waals surface area (Å²) in [5.74, 6) is 0.403. The van der Waals surface area contributed by atoms with Crippen molar-refractivity contribution < 1.29 is 22.1 Å². The summed E-state index contributed by atoms with van der Waals surface area (Å²) < 4.78 is 32.6. The molecule has 3 rings (SSSR count). The van der Waals surface area contributed by atoms with Gasteiger partial charge in [0.1, 0.15) is 11.5 Å². The lowest BCUT2D eigenvalue weighted by Crippen LogP contribution is -2.05. The first-order chi connectivity index (χ1) is 10.3. The molecule has 5 nitrogen and oxygen atoms in total. The van der Waals surface area contributed by atoms with Gasteiger partial charge in [-0.2, -0.15) is 8.42 Å². The third-order valence-corrected chi connectivity index (χ3v) is 4.51. The van der Waals surface area contributed by atoms with Crippen molar-refractivity contribution >= 4 is 33.3 Å². The predicted molar refractivity (Wildman–Crippen MR) is 83.9 cm³/mol. The monoisotopic (exact) mass is 336 g/mol. The minimum absolute atomic E-state index is 0.114. The molecular weight excluding hydrogens is 324 g/mol. The number of aryl methyl sites for hydroxylation is 1. The van der Waals surface area contributed by atoms with Crippen LogP contribution in [0.3, 0.4) is 0 Å². The highest BCUT2D eigenvalue weighted by Crippen LogP contribution is 2.35.